The average molecular weight is 391 g/mol. The van der Waals surface area contributed by atoms with E-state index in [1.807, 2.05) is 6.07 Å². The first kappa shape index (κ1) is 20.1. The molecule has 2 aromatic rings. The highest BCUT2D eigenvalue weighted by atomic mass is 35.5. The molecule has 0 aliphatic rings. The number of aromatic nitrogens is 2. The van der Waals surface area contributed by atoms with Crippen molar-refractivity contribution in [2.24, 2.45) is 0 Å². The topological polar surface area (TPSA) is 97.0 Å². The maximum Gasteiger partial charge on any atom is 0.331 e. The number of nitriles is 1. The number of ether oxygens (including phenoxy) is 1. The number of hydrogen-bond donors (Lipinski definition) is 1. The van der Waals surface area contributed by atoms with E-state index in [2.05, 4.69) is 10.4 Å². The van der Waals surface area contributed by atoms with Crippen LogP contribution in [0.4, 0.5) is 4.39 Å². The second kappa shape index (κ2) is 9.50. The number of esters is 1. The third-order valence-corrected chi connectivity index (χ3v) is 3.77. The molecule has 0 spiro atoms. The van der Waals surface area contributed by atoms with Crippen LogP contribution in [0.3, 0.4) is 0 Å². The van der Waals surface area contributed by atoms with Crippen molar-refractivity contribution in [1.82, 2.24) is 15.1 Å². The van der Waals surface area contributed by atoms with Crippen LogP contribution < -0.4 is 5.32 Å². The van der Waals surface area contributed by atoms with Crippen molar-refractivity contribution < 1.29 is 18.7 Å². The molecular formula is C18H16ClFN4O3. The van der Waals surface area contributed by atoms with Gasteiger partial charge < -0.3 is 10.1 Å². The summed E-state index contributed by atoms with van der Waals surface area (Å²) in [5.74, 6) is -1.60. The molecule has 0 saturated heterocycles. The number of carbonyl (C=O) groups excluding carboxylic acids is 2. The first-order valence-electron chi connectivity index (χ1n) is 7.92. The first-order chi connectivity index (χ1) is 12.9. The number of benzene rings is 1. The van der Waals surface area contributed by atoms with Gasteiger partial charge in [-0.1, -0.05) is 11.6 Å². The van der Waals surface area contributed by atoms with E-state index >= 15 is 0 Å². The van der Waals surface area contributed by atoms with E-state index in [9.17, 15) is 14.0 Å². The van der Waals surface area contributed by atoms with Crippen LogP contribution in [0.5, 0.6) is 0 Å². The molecule has 0 aliphatic carbocycles. The molecule has 7 nitrogen and oxygen atoms in total. The van der Waals surface area contributed by atoms with Crippen molar-refractivity contribution in [2.75, 3.05) is 13.2 Å². The lowest BCUT2D eigenvalue weighted by molar-refractivity contribution is -0.143. The first-order valence-corrected chi connectivity index (χ1v) is 8.29. The van der Waals surface area contributed by atoms with Crippen LogP contribution in [0.15, 0.2) is 30.3 Å². The summed E-state index contributed by atoms with van der Waals surface area (Å²) in [5, 5.41) is 15.3. The molecule has 0 fully saturated rings. The maximum absolute atomic E-state index is 13.0. The zero-order valence-electron chi connectivity index (χ0n) is 14.4. The minimum Gasteiger partial charge on any atom is -0.452 e. The SMILES string of the molecule is Cc1nn(-c2ccc(F)cc2)c(Cl)c1/C=C/C(=O)OCC(=O)NCCC#N. The van der Waals surface area contributed by atoms with E-state index < -0.39 is 18.5 Å². The third-order valence-electron chi connectivity index (χ3n) is 3.41. The second-order valence-electron chi connectivity index (χ2n) is 5.38. The number of aryl methyl sites for hydroxylation is 1. The van der Waals surface area contributed by atoms with Crippen LogP contribution in [0.25, 0.3) is 11.8 Å². The highest BCUT2D eigenvalue weighted by molar-refractivity contribution is 6.31. The van der Waals surface area contributed by atoms with E-state index in [4.69, 9.17) is 21.6 Å². The minimum atomic E-state index is -0.726. The minimum absolute atomic E-state index is 0.176. The molecule has 1 aromatic carbocycles. The van der Waals surface area contributed by atoms with Gasteiger partial charge in [-0.05, 0) is 37.3 Å². The van der Waals surface area contributed by atoms with Gasteiger partial charge in [0.1, 0.15) is 11.0 Å². The molecule has 2 rings (SSSR count). The number of amides is 1. The van der Waals surface area contributed by atoms with Gasteiger partial charge >= 0.3 is 5.97 Å². The standard InChI is InChI=1S/C18H16ClFN4O3/c1-12-15(7-8-17(26)27-11-16(25)22-10-2-9-21)18(19)24(23-12)14-5-3-13(20)4-6-14/h3-8H,2,10-11H2,1H3,(H,22,25)/b8-7+. The third kappa shape index (κ3) is 5.66. The summed E-state index contributed by atoms with van der Waals surface area (Å²) < 4.78 is 19.3. The molecule has 1 aromatic heterocycles. The Labute approximate surface area is 160 Å². The number of carbonyl (C=O) groups is 2. The normalized spacial score (nSPS) is 10.6. The summed E-state index contributed by atoms with van der Waals surface area (Å²) in [6, 6.07) is 7.51. The summed E-state index contributed by atoms with van der Waals surface area (Å²) in [4.78, 5) is 23.1. The Bertz CT molecular complexity index is 901. The Morgan fingerprint density at radius 3 is 2.78 bits per heavy atom. The molecule has 9 heteroatoms. The Morgan fingerprint density at radius 1 is 1.41 bits per heavy atom. The quantitative estimate of drug-likeness (QED) is 0.445. The molecule has 0 aliphatic heterocycles. The van der Waals surface area contributed by atoms with Crippen molar-refractivity contribution in [3.63, 3.8) is 0 Å². The van der Waals surface area contributed by atoms with Gasteiger partial charge in [-0.25, -0.2) is 13.9 Å². The molecule has 1 N–H and O–H groups in total. The van der Waals surface area contributed by atoms with Crippen molar-refractivity contribution in [2.45, 2.75) is 13.3 Å². The largest absolute Gasteiger partial charge is 0.452 e. The van der Waals surface area contributed by atoms with Gasteiger partial charge in [0, 0.05) is 18.2 Å². The van der Waals surface area contributed by atoms with Crippen molar-refractivity contribution in [3.8, 4) is 11.8 Å². The fraction of sp³-hybridized carbons (Fsp3) is 0.222. The summed E-state index contributed by atoms with van der Waals surface area (Å²) in [7, 11) is 0. The van der Waals surface area contributed by atoms with E-state index in [0.717, 1.165) is 6.08 Å². The van der Waals surface area contributed by atoms with Gasteiger partial charge in [0.05, 0.1) is 23.9 Å². The number of halogens is 2. The molecule has 0 radical (unpaired) electrons. The van der Waals surface area contributed by atoms with Crippen LogP contribution in [0.2, 0.25) is 5.15 Å². The van der Waals surface area contributed by atoms with E-state index in [1.165, 1.54) is 35.0 Å². The van der Waals surface area contributed by atoms with Gasteiger partial charge in [-0.2, -0.15) is 10.4 Å². The second-order valence-corrected chi connectivity index (χ2v) is 5.74. The summed E-state index contributed by atoms with van der Waals surface area (Å²) in [5.41, 5.74) is 1.62. The Hall–Kier alpha value is -3.18. The molecule has 1 heterocycles. The fourth-order valence-corrected chi connectivity index (χ4v) is 2.43. The zero-order valence-corrected chi connectivity index (χ0v) is 15.2. The number of nitrogens with one attached hydrogen (secondary N) is 1. The Balaban J connectivity index is 2.00. The summed E-state index contributed by atoms with van der Waals surface area (Å²) in [6.07, 6.45) is 2.74. The lowest BCUT2D eigenvalue weighted by Gasteiger charge is -2.03. The van der Waals surface area contributed by atoms with Crippen LogP contribution in [0.1, 0.15) is 17.7 Å². The molecule has 1 amide bonds. The highest BCUT2D eigenvalue weighted by Gasteiger charge is 2.13. The van der Waals surface area contributed by atoms with Crippen LogP contribution in [0, 0.1) is 24.1 Å². The van der Waals surface area contributed by atoms with Crippen LogP contribution >= 0.6 is 11.6 Å². The lowest BCUT2D eigenvalue weighted by Crippen LogP contribution is -2.29. The lowest BCUT2D eigenvalue weighted by atomic mass is 10.2. The van der Waals surface area contributed by atoms with E-state index in [1.54, 1.807) is 6.92 Å². The van der Waals surface area contributed by atoms with Gasteiger partial charge in [-0.3, -0.25) is 4.79 Å². The van der Waals surface area contributed by atoms with Gasteiger partial charge in [0.25, 0.3) is 5.91 Å². The van der Waals surface area contributed by atoms with Crippen molar-refractivity contribution >= 4 is 29.6 Å². The highest BCUT2D eigenvalue weighted by Crippen LogP contribution is 2.24. The van der Waals surface area contributed by atoms with E-state index in [-0.39, 0.29) is 23.9 Å². The molecular weight excluding hydrogens is 375 g/mol. The Kier molecular flexibility index (Phi) is 7.08. The van der Waals surface area contributed by atoms with Crippen molar-refractivity contribution in [1.29, 1.82) is 5.26 Å². The molecule has 0 bridgehead atoms. The average Bonchev–Trinajstić information content (AvgIpc) is 2.93. The molecule has 0 unspecified atom stereocenters. The molecule has 0 saturated carbocycles. The summed E-state index contributed by atoms with van der Waals surface area (Å²) in [6.45, 7) is 1.45. The van der Waals surface area contributed by atoms with Gasteiger partial charge in [-0.15, -0.1) is 0 Å². The predicted octanol–water partition coefficient (Wildman–Crippen LogP) is 2.56. The van der Waals surface area contributed by atoms with Crippen LogP contribution in [-0.4, -0.2) is 34.8 Å². The summed E-state index contributed by atoms with van der Waals surface area (Å²) >= 11 is 6.30. The number of rotatable bonds is 7. The van der Waals surface area contributed by atoms with Crippen molar-refractivity contribution in [3.05, 3.63) is 52.6 Å². The molecule has 140 valence electrons. The Morgan fingerprint density at radius 2 is 2.11 bits per heavy atom. The number of nitrogens with zero attached hydrogens (tertiary/aromatic N) is 3. The monoisotopic (exact) mass is 390 g/mol. The maximum atomic E-state index is 13.0. The van der Waals surface area contributed by atoms with Gasteiger partial charge in [0.15, 0.2) is 6.61 Å². The molecule has 27 heavy (non-hydrogen) atoms. The number of hydrogen-bond acceptors (Lipinski definition) is 5. The smallest absolute Gasteiger partial charge is 0.331 e. The zero-order chi connectivity index (χ0) is 19.8. The van der Waals surface area contributed by atoms with Gasteiger partial charge in [0.2, 0.25) is 0 Å². The van der Waals surface area contributed by atoms with Crippen LogP contribution in [-0.2, 0) is 14.3 Å². The fourth-order valence-electron chi connectivity index (χ4n) is 2.10. The molecule has 0 atom stereocenters. The predicted molar refractivity (Wildman–Crippen MR) is 96.5 cm³/mol. The van der Waals surface area contributed by atoms with E-state index in [0.29, 0.717) is 16.9 Å².